The molecular weight excluding hydrogens is 387 g/mol. The molecule has 1 aliphatic rings. The van der Waals surface area contributed by atoms with Gasteiger partial charge in [0.1, 0.15) is 17.1 Å². The Kier molecular flexibility index (Phi) is 5.97. The van der Waals surface area contributed by atoms with E-state index in [1.54, 1.807) is 24.3 Å². The van der Waals surface area contributed by atoms with E-state index in [0.29, 0.717) is 43.9 Å². The van der Waals surface area contributed by atoms with Gasteiger partial charge in [0.05, 0.1) is 6.61 Å². The van der Waals surface area contributed by atoms with Crippen molar-refractivity contribution in [1.29, 1.82) is 0 Å². The first kappa shape index (κ1) is 19.9. The lowest BCUT2D eigenvalue weighted by Crippen LogP contribution is -2.48. The van der Waals surface area contributed by atoms with Gasteiger partial charge in [0, 0.05) is 55.8 Å². The lowest BCUT2D eigenvalue weighted by atomic mass is 10.2. The van der Waals surface area contributed by atoms with E-state index >= 15 is 0 Å². The smallest absolute Gasteiger partial charge is 0.336 e. The summed E-state index contributed by atoms with van der Waals surface area (Å²) in [6.07, 6.45) is 1.02. The number of carbonyl (C=O) groups is 1. The Labute approximate surface area is 173 Å². The summed E-state index contributed by atoms with van der Waals surface area (Å²) in [7, 11) is 0. The van der Waals surface area contributed by atoms with E-state index in [4.69, 9.17) is 9.15 Å². The first-order valence-corrected chi connectivity index (χ1v) is 10.0. The molecule has 0 atom stereocenters. The molecule has 156 valence electrons. The molecule has 2 heterocycles. The van der Waals surface area contributed by atoms with Gasteiger partial charge in [0.2, 0.25) is 5.91 Å². The second kappa shape index (κ2) is 8.98. The van der Waals surface area contributed by atoms with Gasteiger partial charge in [-0.05, 0) is 48.9 Å². The number of nitrogens with zero attached hydrogens (tertiary/aromatic N) is 2. The molecule has 6 nitrogen and oxygen atoms in total. The first-order chi connectivity index (χ1) is 14.6. The van der Waals surface area contributed by atoms with Crippen LogP contribution >= 0.6 is 0 Å². The number of piperazine rings is 1. The van der Waals surface area contributed by atoms with Crippen molar-refractivity contribution in [1.82, 2.24) is 4.90 Å². The first-order valence-electron chi connectivity index (χ1n) is 10.0. The lowest BCUT2D eigenvalue weighted by Gasteiger charge is -2.36. The molecule has 0 saturated carbocycles. The molecular formula is C23H23FN2O4. The highest BCUT2D eigenvalue weighted by atomic mass is 19.1. The van der Waals surface area contributed by atoms with Gasteiger partial charge in [-0.2, -0.15) is 0 Å². The summed E-state index contributed by atoms with van der Waals surface area (Å²) in [6, 6.07) is 14.9. The number of amides is 1. The van der Waals surface area contributed by atoms with Crippen LogP contribution in [-0.4, -0.2) is 43.6 Å². The Hall–Kier alpha value is -3.35. The van der Waals surface area contributed by atoms with E-state index in [-0.39, 0.29) is 11.7 Å². The Morgan fingerprint density at radius 3 is 2.50 bits per heavy atom. The van der Waals surface area contributed by atoms with Gasteiger partial charge in [0.15, 0.2) is 0 Å². The molecule has 0 unspecified atom stereocenters. The fourth-order valence-electron chi connectivity index (χ4n) is 3.57. The van der Waals surface area contributed by atoms with Crippen molar-refractivity contribution in [3.8, 4) is 5.75 Å². The molecule has 0 radical (unpaired) electrons. The standard InChI is InChI=1S/C23H23FN2O4/c24-18-5-7-19(8-6-18)25-11-13-26(14-12-25)22(27)2-1-15-29-20-9-3-17-4-10-23(28)30-21(17)16-20/h3-10,16H,1-2,11-15H2. The SMILES string of the molecule is O=C(CCCOc1ccc2ccc(=O)oc2c1)N1CCN(c2ccc(F)cc2)CC1. The Balaban J connectivity index is 1.21. The molecule has 7 heteroatoms. The van der Waals surface area contributed by atoms with Gasteiger partial charge in [-0.3, -0.25) is 4.79 Å². The summed E-state index contributed by atoms with van der Waals surface area (Å²) >= 11 is 0. The highest BCUT2D eigenvalue weighted by molar-refractivity contribution is 5.78. The van der Waals surface area contributed by atoms with Crippen LogP contribution in [0.5, 0.6) is 5.75 Å². The average Bonchev–Trinajstić information content (AvgIpc) is 2.77. The zero-order valence-corrected chi connectivity index (χ0v) is 16.6. The van der Waals surface area contributed by atoms with Gasteiger partial charge < -0.3 is 19.0 Å². The van der Waals surface area contributed by atoms with Crippen LogP contribution in [0.25, 0.3) is 11.0 Å². The summed E-state index contributed by atoms with van der Waals surface area (Å²) in [5.41, 5.74) is 1.06. The van der Waals surface area contributed by atoms with E-state index in [0.717, 1.165) is 24.2 Å². The maximum absolute atomic E-state index is 13.1. The summed E-state index contributed by atoms with van der Waals surface area (Å²) in [4.78, 5) is 27.8. The molecule has 1 aromatic heterocycles. The third-order valence-corrected chi connectivity index (χ3v) is 5.22. The maximum Gasteiger partial charge on any atom is 0.336 e. The molecule has 1 aliphatic heterocycles. The molecule has 2 aromatic carbocycles. The summed E-state index contributed by atoms with van der Waals surface area (Å²) < 4.78 is 23.9. The molecule has 0 spiro atoms. The Morgan fingerprint density at radius 1 is 1.00 bits per heavy atom. The van der Waals surface area contributed by atoms with E-state index in [1.165, 1.54) is 18.2 Å². The normalized spacial score (nSPS) is 14.2. The fraction of sp³-hybridized carbons (Fsp3) is 0.304. The quantitative estimate of drug-likeness (QED) is 0.460. The van der Waals surface area contributed by atoms with Crippen molar-refractivity contribution in [3.63, 3.8) is 0 Å². The molecule has 1 fully saturated rings. The summed E-state index contributed by atoms with van der Waals surface area (Å²) in [5, 5.41) is 0.830. The zero-order chi connectivity index (χ0) is 20.9. The molecule has 0 bridgehead atoms. The molecule has 3 aromatic rings. The minimum Gasteiger partial charge on any atom is -0.493 e. The maximum atomic E-state index is 13.1. The zero-order valence-electron chi connectivity index (χ0n) is 16.6. The third kappa shape index (κ3) is 4.79. The van der Waals surface area contributed by atoms with Crippen LogP contribution in [0.3, 0.4) is 0 Å². The van der Waals surface area contributed by atoms with Crippen molar-refractivity contribution in [2.75, 3.05) is 37.7 Å². The second-order valence-electron chi connectivity index (χ2n) is 7.25. The van der Waals surface area contributed by atoms with Crippen molar-refractivity contribution in [2.45, 2.75) is 12.8 Å². The minimum atomic E-state index is -0.398. The van der Waals surface area contributed by atoms with Gasteiger partial charge in [-0.15, -0.1) is 0 Å². The van der Waals surface area contributed by atoms with Crippen LogP contribution in [0.2, 0.25) is 0 Å². The van der Waals surface area contributed by atoms with Gasteiger partial charge in [0.25, 0.3) is 0 Å². The monoisotopic (exact) mass is 410 g/mol. The predicted molar refractivity (Wildman–Crippen MR) is 112 cm³/mol. The average molecular weight is 410 g/mol. The predicted octanol–water partition coefficient (Wildman–Crippen LogP) is 3.44. The van der Waals surface area contributed by atoms with Gasteiger partial charge in [-0.1, -0.05) is 0 Å². The van der Waals surface area contributed by atoms with E-state index < -0.39 is 5.63 Å². The Bertz CT molecular complexity index is 1070. The number of ether oxygens (including phenoxy) is 1. The van der Waals surface area contributed by atoms with E-state index in [1.807, 2.05) is 17.0 Å². The van der Waals surface area contributed by atoms with E-state index in [2.05, 4.69) is 4.90 Å². The number of fused-ring (bicyclic) bond motifs is 1. The largest absolute Gasteiger partial charge is 0.493 e. The van der Waals surface area contributed by atoms with Gasteiger partial charge >= 0.3 is 5.63 Å². The number of rotatable bonds is 6. The number of halogens is 1. The highest BCUT2D eigenvalue weighted by Crippen LogP contribution is 2.20. The molecule has 1 saturated heterocycles. The van der Waals surface area contributed by atoms with Crippen molar-refractivity contribution >= 4 is 22.6 Å². The van der Waals surface area contributed by atoms with Crippen molar-refractivity contribution in [3.05, 3.63) is 70.8 Å². The van der Waals surface area contributed by atoms with Crippen LogP contribution in [0.1, 0.15) is 12.8 Å². The van der Waals surface area contributed by atoms with Crippen LogP contribution in [-0.2, 0) is 4.79 Å². The van der Waals surface area contributed by atoms with Crippen LogP contribution in [0.15, 0.2) is 63.8 Å². The number of anilines is 1. The Morgan fingerprint density at radius 2 is 1.73 bits per heavy atom. The fourth-order valence-corrected chi connectivity index (χ4v) is 3.57. The second-order valence-corrected chi connectivity index (χ2v) is 7.25. The molecule has 0 aliphatic carbocycles. The minimum absolute atomic E-state index is 0.113. The third-order valence-electron chi connectivity index (χ3n) is 5.22. The van der Waals surface area contributed by atoms with Gasteiger partial charge in [-0.25, -0.2) is 9.18 Å². The van der Waals surface area contributed by atoms with Crippen molar-refractivity contribution in [2.24, 2.45) is 0 Å². The summed E-state index contributed by atoms with van der Waals surface area (Å²) in [6.45, 7) is 3.18. The lowest BCUT2D eigenvalue weighted by molar-refractivity contribution is -0.131. The number of benzene rings is 2. The number of hydrogen-bond donors (Lipinski definition) is 0. The highest BCUT2D eigenvalue weighted by Gasteiger charge is 2.21. The number of carbonyl (C=O) groups excluding carboxylic acids is 1. The topological polar surface area (TPSA) is 63.0 Å². The van der Waals surface area contributed by atoms with Crippen LogP contribution in [0.4, 0.5) is 10.1 Å². The van der Waals surface area contributed by atoms with Crippen molar-refractivity contribution < 1.29 is 18.3 Å². The molecule has 30 heavy (non-hydrogen) atoms. The molecule has 1 amide bonds. The number of hydrogen-bond acceptors (Lipinski definition) is 5. The summed E-state index contributed by atoms with van der Waals surface area (Å²) in [5.74, 6) is 0.474. The molecule has 0 N–H and O–H groups in total. The molecule has 4 rings (SSSR count). The van der Waals surface area contributed by atoms with Crippen LogP contribution < -0.4 is 15.3 Å². The van der Waals surface area contributed by atoms with E-state index in [9.17, 15) is 14.0 Å². The van der Waals surface area contributed by atoms with Crippen LogP contribution in [0, 0.1) is 5.82 Å².